The number of likely N-dealkylation sites (N-methyl/N-ethyl adjacent to an activating group) is 1. The van der Waals surface area contributed by atoms with Crippen LogP contribution in [-0.2, 0) is 10.0 Å². The third kappa shape index (κ3) is 6.12. The number of hydrogen-bond acceptors (Lipinski definition) is 6. The van der Waals surface area contributed by atoms with Crippen LogP contribution in [0, 0.1) is 0 Å². The van der Waals surface area contributed by atoms with E-state index in [9.17, 15) is 13.5 Å². The average molecular weight is 540 g/mol. The summed E-state index contributed by atoms with van der Waals surface area (Å²) in [4.78, 5) is 13.9. The molecule has 0 aliphatic rings. The van der Waals surface area contributed by atoms with Crippen molar-refractivity contribution in [3.8, 4) is 5.88 Å². The van der Waals surface area contributed by atoms with E-state index in [1.54, 1.807) is 48.8 Å². The molecule has 194 valence electrons. The summed E-state index contributed by atoms with van der Waals surface area (Å²) < 4.78 is 27.4. The molecule has 0 aliphatic carbocycles. The number of halogens is 1. The average Bonchev–Trinajstić information content (AvgIpc) is 3.18. The highest BCUT2D eigenvalue weighted by Crippen LogP contribution is 2.33. The molecule has 4 rings (SSSR count). The fourth-order valence-corrected chi connectivity index (χ4v) is 5.79. The molecule has 0 unspecified atom stereocenters. The van der Waals surface area contributed by atoms with E-state index in [-0.39, 0.29) is 11.6 Å². The zero-order valence-electron chi connectivity index (χ0n) is 21.0. The smallest absolute Gasteiger partial charge is 0.235 e. The summed E-state index contributed by atoms with van der Waals surface area (Å²) in [6, 6.07) is 16.1. The number of aromatic hydroxyl groups is 1. The zero-order chi connectivity index (χ0) is 26.6. The number of benzene rings is 2. The van der Waals surface area contributed by atoms with Crippen LogP contribution < -0.4 is 4.31 Å². The number of aromatic nitrogens is 2. The molecule has 0 amide bonds. The second-order valence-electron chi connectivity index (χ2n) is 8.94. The summed E-state index contributed by atoms with van der Waals surface area (Å²) in [7, 11) is 0.375. The first kappa shape index (κ1) is 26.7. The maximum absolute atomic E-state index is 13.0. The van der Waals surface area contributed by atoms with Crippen molar-refractivity contribution in [2.75, 3.05) is 37.2 Å². The number of anilines is 1. The monoisotopic (exact) mass is 539 g/mol. The second-order valence-corrected chi connectivity index (χ2v) is 11.4. The lowest BCUT2D eigenvalue weighted by atomic mass is 10.0. The summed E-state index contributed by atoms with van der Waals surface area (Å²) in [5.74, 6) is 0.0566. The first-order valence-electron chi connectivity index (χ1n) is 11.9. The Hall–Kier alpha value is -3.40. The molecule has 0 saturated carbocycles. The Labute approximate surface area is 222 Å². The summed E-state index contributed by atoms with van der Waals surface area (Å²) >= 11 is 6.15. The molecule has 0 aliphatic heterocycles. The molecule has 0 spiro atoms. The second kappa shape index (κ2) is 11.3. The van der Waals surface area contributed by atoms with Crippen LogP contribution in [0.1, 0.15) is 24.5 Å². The summed E-state index contributed by atoms with van der Waals surface area (Å²) in [5, 5.41) is 12.1. The SMILES string of the molecule is CCCS(=O)(=O)N(CCN(C)C)c1ccc(N=C(c2ccncc2)c2c(O)[nH]c3cc(Cl)ccc23)cc1. The van der Waals surface area contributed by atoms with Gasteiger partial charge in [-0.15, -0.1) is 0 Å². The number of aliphatic imine (C=N–C) groups is 1. The Morgan fingerprint density at radius 3 is 2.41 bits per heavy atom. The molecule has 2 N–H and O–H groups in total. The maximum atomic E-state index is 13.0. The number of rotatable bonds is 10. The van der Waals surface area contributed by atoms with Gasteiger partial charge in [0.1, 0.15) is 0 Å². The van der Waals surface area contributed by atoms with Crippen LogP contribution in [0.25, 0.3) is 10.9 Å². The minimum Gasteiger partial charge on any atom is -0.494 e. The van der Waals surface area contributed by atoms with Gasteiger partial charge in [0.05, 0.1) is 33.9 Å². The van der Waals surface area contributed by atoms with Gasteiger partial charge < -0.3 is 15.0 Å². The molecule has 0 bridgehead atoms. The Kier molecular flexibility index (Phi) is 8.16. The van der Waals surface area contributed by atoms with E-state index in [1.165, 1.54) is 4.31 Å². The van der Waals surface area contributed by atoms with Crippen LogP contribution in [0.5, 0.6) is 5.88 Å². The first-order valence-corrected chi connectivity index (χ1v) is 13.9. The number of sulfonamides is 1. The number of H-pyrrole nitrogens is 1. The van der Waals surface area contributed by atoms with Gasteiger partial charge in [-0.1, -0.05) is 24.6 Å². The van der Waals surface area contributed by atoms with Gasteiger partial charge in [0.2, 0.25) is 10.0 Å². The molecule has 0 atom stereocenters. The molecule has 0 radical (unpaired) electrons. The fraction of sp³-hybridized carbons (Fsp3) is 0.259. The first-order chi connectivity index (χ1) is 17.7. The van der Waals surface area contributed by atoms with E-state index in [2.05, 4.69) is 9.97 Å². The van der Waals surface area contributed by atoms with Gasteiger partial charge in [0, 0.05) is 41.5 Å². The van der Waals surface area contributed by atoms with Gasteiger partial charge in [-0.25, -0.2) is 13.4 Å². The molecule has 2 aromatic heterocycles. The Morgan fingerprint density at radius 2 is 1.76 bits per heavy atom. The van der Waals surface area contributed by atoms with Crippen molar-refractivity contribution < 1.29 is 13.5 Å². The van der Waals surface area contributed by atoms with Gasteiger partial charge in [-0.3, -0.25) is 9.29 Å². The van der Waals surface area contributed by atoms with E-state index < -0.39 is 10.0 Å². The molecule has 10 heteroatoms. The van der Waals surface area contributed by atoms with Gasteiger partial charge in [-0.2, -0.15) is 0 Å². The third-order valence-electron chi connectivity index (χ3n) is 5.86. The number of nitrogens with one attached hydrogen (secondary N) is 1. The van der Waals surface area contributed by atoms with Crippen LogP contribution in [0.3, 0.4) is 0 Å². The van der Waals surface area contributed by atoms with Crippen molar-refractivity contribution in [3.63, 3.8) is 0 Å². The number of fused-ring (bicyclic) bond motifs is 1. The van der Waals surface area contributed by atoms with Gasteiger partial charge in [-0.05, 0) is 69.0 Å². The van der Waals surface area contributed by atoms with Gasteiger partial charge >= 0.3 is 0 Å². The highest BCUT2D eigenvalue weighted by Gasteiger charge is 2.22. The normalized spacial score (nSPS) is 12.4. The fourth-order valence-electron chi connectivity index (χ4n) is 4.08. The quantitative estimate of drug-likeness (QED) is 0.270. The Balaban J connectivity index is 1.78. The van der Waals surface area contributed by atoms with Crippen LogP contribution >= 0.6 is 11.6 Å². The maximum Gasteiger partial charge on any atom is 0.235 e. The van der Waals surface area contributed by atoms with Crippen molar-refractivity contribution in [2.24, 2.45) is 4.99 Å². The minimum absolute atomic E-state index is 0.0232. The van der Waals surface area contributed by atoms with E-state index >= 15 is 0 Å². The number of aromatic amines is 1. The number of pyridine rings is 1. The number of hydrogen-bond donors (Lipinski definition) is 2. The lowest BCUT2D eigenvalue weighted by Crippen LogP contribution is -2.38. The molecule has 4 aromatic rings. The van der Waals surface area contributed by atoms with Crippen molar-refractivity contribution in [1.29, 1.82) is 0 Å². The van der Waals surface area contributed by atoms with E-state index in [4.69, 9.17) is 16.6 Å². The molecular weight excluding hydrogens is 510 g/mol. The molecule has 0 fully saturated rings. The highest BCUT2D eigenvalue weighted by molar-refractivity contribution is 7.92. The van der Waals surface area contributed by atoms with Gasteiger partial charge in [0.15, 0.2) is 5.88 Å². The van der Waals surface area contributed by atoms with Crippen molar-refractivity contribution in [3.05, 3.63) is 83.1 Å². The van der Waals surface area contributed by atoms with Gasteiger partial charge in [0.25, 0.3) is 0 Å². The van der Waals surface area contributed by atoms with Crippen molar-refractivity contribution >= 4 is 49.6 Å². The van der Waals surface area contributed by atoms with Crippen LogP contribution in [0.2, 0.25) is 5.02 Å². The largest absolute Gasteiger partial charge is 0.494 e. The van der Waals surface area contributed by atoms with Crippen LogP contribution in [0.15, 0.2) is 72.0 Å². The molecule has 37 heavy (non-hydrogen) atoms. The number of nitrogens with zero attached hydrogens (tertiary/aromatic N) is 4. The zero-order valence-corrected chi connectivity index (χ0v) is 22.6. The Morgan fingerprint density at radius 1 is 1.05 bits per heavy atom. The molecule has 8 nitrogen and oxygen atoms in total. The molecule has 0 saturated heterocycles. The van der Waals surface area contributed by atoms with Crippen molar-refractivity contribution in [1.82, 2.24) is 14.9 Å². The van der Waals surface area contributed by atoms with Crippen molar-refractivity contribution in [2.45, 2.75) is 13.3 Å². The van der Waals surface area contributed by atoms with E-state index in [0.29, 0.717) is 52.7 Å². The Bertz CT molecular complexity index is 1500. The summed E-state index contributed by atoms with van der Waals surface area (Å²) in [6.07, 6.45) is 3.87. The predicted octanol–water partition coefficient (Wildman–Crippen LogP) is 5.20. The summed E-state index contributed by atoms with van der Waals surface area (Å²) in [6.45, 7) is 2.80. The van der Waals surface area contributed by atoms with Crippen LogP contribution in [0.4, 0.5) is 11.4 Å². The van der Waals surface area contributed by atoms with E-state index in [1.807, 2.05) is 44.1 Å². The molecule has 2 aromatic carbocycles. The van der Waals surface area contributed by atoms with E-state index in [0.717, 1.165) is 10.9 Å². The highest BCUT2D eigenvalue weighted by atomic mass is 35.5. The minimum atomic E-state index is -3.45. The van der Waals surface area contributed by atoms with Crippen LogP contribution in [-0.4, -0.2) is 67.0 Å². The lowest BCUT2D eigenvalue weighted by Gasteiger charge is -2.26. The summed E-state index contributed by atoms with van der Waals surface area (Å²) in [5.41, 5.74) is 3.74. The third-order valence-corrected chi connectivity index (χ3v) is 8.08. The lowest BCUT2D eigenvalue weighted by molar-refractivity contribution is 0.419. The molecular formula is C27H30ClN5O3S. The standard InChI is InChI=1S/C27H30ClN5O3S/c1-4-17-37(35,36)33(16-15-32(2)3)22-8-6-21(7-9-22)30-26(19-11-13-29-14-12-19)25-23-10-5-20(28)18-24(23)31-27(25)34/h5-14,18,31,34H,4,15-17H2,1-3H3. The molecule has 2 heterocycles. The topological polar surface area (TPSA) is 102 Å². The predicted molar refractivity (Wildman–Crippen MR) is 151 cm³/mol.